The number of hydrogen-bond donors (Lipinski definition) is 0. The maximum atomic E-state index is 12.7. The lowest BCUT2D eigenvalue weighted by Crippen LogP contribution is -2.25. The van der Waals surface area contributed by atoms with Crippen LogP contribution < -0.4 is 5.43 Å². The molecule has 0 N–H and O–H groups in total. The van der Waals surface area contributed by atoms with E-state index in [-0.39, 0.29) is 23.6 Å². The van der Waals surface area contributed by atoms with Crippen molar-refractivity contribution in [2.75, 3.05) is 19.8 Å². The van der Waals surface area contributed by atoms with E-state index < -0.39 is 5.97 Å². The Kier molecular flexibility index (Phi) is 4.48. The van der Waals surface area contributed by atoms with Crippen molar-refractivity contribution in [1.82, 2.24) is 4.57 Å². The van der Waals surface area contributed by atoms with Crippen LogP contribution in [0.4, 0.5) is 0 Å². The first-order valence-electron chi connectivity index (χ1n) is 8.02. The zero-order valence-electron chi connectivity index (χ0n) is 13.5. The molecular weight excluding hydrogens is 294 g/mol. The molecule has 0 bridgehead atoms. The van der Waals surface area contributed by atoms with Gasteiger partial charge in [-0.25, -0.2) is 4.79 Å². The van der Waals surface area contributed by atoms with Crippen LogP contribution in [-0.4, -0.2) is 30.4 Å². The molecule has 1 aliphatic heterocycles. The molecule has 0 aliphatic carbocycles. The van der Waals surface area contributed by atoms with Crippen LogP contribution >= 0.6 is 0 Å². The van der Waals surface area contributed by atoms with E-state index in [0.717, 1.165) is 23.9 Å². The van der Waals surface area contributed by atoms with Gasteiger partial charge in [0.1, 0.15) is 5.56 Å². The summed E-state index contributed by atoms with van der Waals surface area (Å²) in [5, 5.41) is 0.571. The lowest BCUT2D eigenvalue weighted by molar-refractivity contribution is 0.0522. The Bertz CT molecular complexity index is 787. The Morgan fingerprint density at radius 2 is 2.09 bits per heavy atom. The minimum atomic E-state index is -0.554. The standard InChI is InChI=1S/C18H21NO4/c1-3-23-18(21)15-11-19(13-6-8-22-9-7-13)16-5-4-12(2)10-14(16)17(15)20/h4-5,10-11,13H,3,6-9H2,1-2H3. The summed E-state index contributed by atoms with van der Waals surface area (Å²) in [4.78, 5) is 24.9. The molecule has 122 valence electrons. The highest BCUT2D eigenvalue weighted by Gasteiger charge is 2.22. The number of fused-ring (bicyclic) bond motifs is 1. The zero-order valence-corrected chi connectivity index (χ0v) is 13.5. The van der Waals surface area contributed by atoms with Gasteiger partial charge in [0, 0.05) is 30.8 Å². The smallest absolute Gasteiger partial charge is 0.343 e. The number of carbonyl (C=O) groups excluding carboxylic acids is 1. The third kappa shape index (κ3) is 3.01. The summed E-state index contributed by atoms with van der Waals surface area (Å²) in [6.07, 6.45) is 3.40. The summed E-state index contributed by atoms with van der Waals surface area (Å²) in [6.45, 7) is 5.31. The number of aromatic nitrogens is 1. The highest BCUT2D eigenvalue weighted by atomic mass is 16.5. The van der Waals surface area contributed by atoms with Crippen LogP contribution in [-0.2, 0) is 9.47 Å². The van der Waals surface area contributed by atoms with E-state index in [2.05, 4.69) is 0 Å². The van der Waals surface area contributed by atoms with E-state index in [9.17, 15) is 9.59 Å². The first-order chi connectivity index (χ1) is 11.1. The number of nitrogens with zero attached hydrogens (tertiary/aromatic N) is 1. The molecule has 1 aromatic heterocycles. The fourth-order valence-electron chi connectivity index (χ4n) is 3.09. The van der Waals surface area contributed by atoms with Crippen molar-refractivity contribution in [2.24, 2.45) is 0 Å². The maximum absolute atomic E-state index is 12.7. The van der Waals surface area contributed by atoms with Crippen LogP contribution in [0.3, 0.4) is 0 Å². The molecule has 1 aliphatic rings. The molecule has 1 saturated heterocycles. The highest BCUT2D eigenvalue weighted by molar-refractivity contribution is 5.94. The van der Waals surface area contributed by atoms with Crippen LogP contribution in [0.5, 0.6) is 0 Å². The van der Waals surface area contributed by atoms with Gasteiger partial charge >= 0.3 is 5.97 Å². The SMILES string of the molecule is CCOC(=O)c1cn(C2CCOCC2)c2ccc(C)cc2c1=O. The van der Waals surface area contributed by atoms with E-state index in [1.165, 1.54) is 0 Å². The number of rotatable bonds is 3. The molecule has 0 spiro atoms. The van der Waals surface area contributed by atoms with E-state index in [4.69, 9.17) is 9.47 Å². The van der Waals surface area contributed by atoms with Crippen molar-refractivity contribution in [2.45, 2.75) is 32.7 Å². The quantitative estimate of drug-likeness (QED) is 0.817. The predicted octanol–water partition coefficient (Wildman–Crippen LogP) is 2.84. The zero-order chi connectivity index (χ0) is 16.4. The Morgan fingerprint density at radius 1 is 1.35 bits per heavy atom. The number of hydrogen-bond acceptors (Lipinski definition) is 4. The molecule has 0 amide bonds. The minimum Gasteiger partial charge on any atom is -0.462 e. The summed E-state index contributed by atoms with van der Waals surface area (Å²) in [7, 11) is 0. The van der Waals surface area contributed by atoms with Gasteiger partial charge in [0.25, 0.3) is 0 Å². The summed E-state index contributed by atoms with van der Waals surface area (Å²) in [5.74, 6) is -0.554. The number of pyridine rings is 1. The first-order valence-corrected chi connectivity index (χ1v) is 8.02. The maximum Gasteiger partial charge on any atom is 0.343 e. The van der Waals surface area contributed by atoms with Crippen molar-refractivity contribution >= 4 is 16.9 Å². The number of carbonyl (C=O) groups is 1. The summed E-state index contributed by atoms with van der Waals surface area (Å²) < 4.78 is 12.5. The number of ether oxygens (including phenoxy) is 2. The summed E-state index contributed by atoms with van der Waals surface area (Å²) in [6, 6.07) is 6.01. The molecule has 1 fully saturated rings. The normalized spacial score (nSPS) is 15.7. The van der Waals surface area contributed by atoms with Crippen molar-refractivity contribution < 1.29 is 14.3 Å². The topological polar surface area (TPSA) is 57.5 Å². The van der Waals surface area contributed by atoms with Crippen LogP contribution in [0.15, 0.2) is 29.2 Å². The molecule has 2 aromatic rings. The van der Waals surface area contributed by atoms with Crippen molar-refractivity contribution in [3.8, 4) is 0 Å². The molecule has 0 radical (unpaired) electrons. The van der Waals surface area contributed by atoms with Gasteiger partial charge in [0.2, 0.25) is 5.43 Å². The molecule has 1 aromatic carbocycles. The molecule has 5 nitrogen and oxygen atoms in total. The van der Waals surface area contributed by atoms with Gasteiger partial charge in [-0.15, -0.1) is 0 Å². The van der Waals surface area contributed by atoms with Gasteiger partial charge in [-0.1, -0.05) is 11.6 Å². The average Bonchev–Trinajstić information content (AvgIpc) is 2.56. The Hall–Kier alpha value is -2.14. The summed E-state index contributed by atoms with van der Waals surface area (Å²) >= 11 is 0. The second-order valence-corrected chi connectivity index (χ2v) is 5.86. The second-order valence-electron chi connectivity index (χ2n) is 5.86. The van der Waals surface area contributed by atoms with Crippen LogP contribution in [0.25, 0.3) is 10.9 Å². The lowest BCUT2D eigenvalue weighted by atomic mass is 10.0. The molecule has 2 heterocycles. The second kappa shape index (κ2) is 6.54. The van der Waals surface area contributed by atoms with Gasteiger partial charge in [-0.05, 0) is 38.8 Å². The van der Waals surface area contributed by atoms with Crippen LogP contribution in [0, 0.1) is 6.92 Å². The number of aryl methyl sites for hydroxylation is 1. The van der Waals surface area contributed by atoms with Gasteiger partial charge in [-0.3, -0.25) is 4.79 Å². The molecule has 23 heavy (non-hydrogen) atoms. The fourth-order valence-corrected chi connectivity index (χ4v) is 3.09. The Labute approximate surface area is 134 Å². The van der Waals surface area contributed by atoms with E-state index in [0.29, 0.717) is 18.6 Å². The third-order valence-electron chi connectivity index (χ3n) is 4.27. The molecule has 0 saturated carbocycles. The van der Waals surface area contributed by atoms with E-state index >= 15 is 0 Å². The van der Waals surface area contributed by atoms with E-state index in [1.807, 2.05) is 29.7 Å². The first kappa shape index (κ1) is 15.7. The Morgan fingerprint density at radius 3 is 2.78 bits per heavy atom. The molecule has 3 rings (SSSR count). The number of benzene rings is 1. The van der Waals surface area contributed by atoms with Crippen LogP contribution in [0.1, 0.15) is 41.7 Å². The predicted molar refractivity (Wildman–Crippen MR) is 88.0 cm³/mol. The van der Waals surface area contributed by atoms with Gasteiger partial charge in [0.15, 0.2) is 0 Å². The van der Waals surface area contributed by atoms with Gasteiger partial charge in [0.05, 0.1) is 12.1 Å². The monoisotopic (exact) mass is 315 g/mol. The van der Waals surface area contributed by atoms with Crippen molar-refractivity contribution in [3.63, 3.8) is 0 Å². The fraction of sp³-hybridized carbons (Fsp3) is 0.444. The molecular formula is C18H21NO4. The van der Waals surface area contributed by atoms with Crippen molar-refractivity contribution in [3.05, 3.63) is 45.7 Å². The lowest BCUT2D eigenvalue weighted by Gasteiger charge is -2.27. The molecule has 0 unspecified atom stereocenters. The average molecular weight is 315 g/mol. The van der Waals surface area contributed by atoms with E-state index in [1.54, 1.807) is 13.1 Å². The van der Waals surface area contributed by atoms with Crippen molar-refractivity contribution in [1.29, 1.82) is 0 Å². The molecule has 5 heteroatoms. The number of esters is 1. The minimum absolute atomic E-state index is 0.108. The Balaban J connectivity index is 2.22. The molecule has 0 atom stereocenters. The highest BCUT2D eigenvalue weighted by Crippen LogP contribution is 2.25. The van der Waals surface area contributed by atoms with Gasteiger partial charge in [-0.2, -0.15) is 0 Å². The van der Waals surface area contributed by atoms with Gasteiger partial charge < -0.3 is 14.0 Å². The van der Waals surface area contributed by atoms with Crippen LogP contribution in [0.2, 0.25) is 0 Å². The largest absolute Gasteiger partial charge is 0.462 e. The summed E-state index contributed by atoms with van der Waals surface area (Å²) in [5.41, 5.74) is 1.71. The third-order valence-corrected chi connectivity index (χ3v) is 4.27.